The molecule has 0 aliphatic heterocycles. The van der Waals surface area contributed by atoms with Gasteiger partial charge in [-0.3, -0.25) is 0 Å². The van der Waals surface area contributed by atoms with E-state index in [9.17, 15) is 14.7 Å². The molecule has 19 heavy (non-hydrogen) atoms. The van der Waals surface area contributed by atoms with Gasteiger partial charge in [0.2, 0.25) is 0 Å². The fourth-order valence-corrected chi connectivity index (χ4v) is 2.64. The summed E-state index contributed by atoms with van der Waals surface area (Å²) in [6.45, 7) is 8.01. The van der Waals surface area contributed by atoms with Crippen LogP contribution >= 0.6 is 0 Å². The second kappa shape index (κ2) is 6.26. The van der Waals surface area contributed by atoms with Crippen LogP contribution in [-0.2, 0) is 4.79 Å². The molecular weight excluding hydrogens is 244 g/mol. The topological polar surface area (TPSA) is 69.6 Å². The third-order valence-electron chi connectivity index (χ3n) is 3.75. The monoisotopic (exact) mass is 270 g/mol. The Balaban J connectivity index is 2.72. The smallest absolute Gasteiger partial charge is 0.326 e. The third-order valence-corrected chi connectivity index (χ3v) is 3.75. The zero-order valence-corrected chi connectivity index (χ0v) is 12.4. The number of nitrogens with zero attached hydrogens (tertiary/aromatic N) is 1. The fourth-order valence-electron chi connectivity index (χ4n) is 2.64. The van der Waals surface area contributed by atoms with Crippen molar-refractivity contribution >= 4 is 12.0 Å². The SMILES string of the molecule is CCN(C(=O)N[C@H](C(=O)O)C(C)(C)C)C1CCCC1. The van der Waals surface area contributed by atoms with Crippen molar-refractivity contribution in [3.05, 3.63) is 0 Å². The van der Waals surface area contributed by atoms with Crippen LogP contribution < -0.4 is 5.32 Å². The number of carboxylic acid groups (broad SMARTS) is 1. The zero-order valence-electron chi connectivity index (χ0n) is 12.4. The summed E-state index contributed by atoms with van der Waals surface area (Å²) in [5.74, 6) is -0.983. The minimum absolute atomic E-state index is 0.253. The molecule has 1 rings (SSSR count). The molecule has 0 aromatic carbocycles. The van der Waals surface area contributed by atoms with Gasteiger partial charge in [-0.05, 0) is 25.2 Å². The Morgan fingerprint density at radius 1 is 1.32 bits per heavy atom. The number of amides is 2. The lowest BCUT2D eigenvalue weighted by Crippen LogP contribution is -2.55. The van der Waals surface area contributed by atoms with E-state index in [2.05, 4.69) is 5.32 Å². The Morgan fingerprint density at radius 2 is 1.84 bits per heavy atom. The van der Waals surface area contributed by atoms with E-state index in [4.69, 9.17) is 0 Å². The average molecular weight is 270 g/mol. The van der Waals surface area contributed by atoms with Gasteiger partial charge in [-0.2, -0.15) is 0 Å². The first kappa shape index (κ1) is 15.8. The molecule has 5 heteroatoms. The minimum Gasteiger partial charge on any atom is -0.480 e. The number of carbonyl (C=O) groups excluding carboxylic acids is 1. The van der Waals surface area contributed by atoms with Crippen molar-refractivity contribution in [1.82, 2.24) is 10.2 Å². The lowest BCUT2D eigenvalue weighted by molar-refractivity contribution is -0.142. The minimum atomic E-state index is -0.983. The summed E-state index contributed by atoms with van der Waals surface area (Å²) in [7, 11) is 0. The highest BCUT2D eigenvalue weighted by Gasteiger charge is 2.35. The number of hydrogen-bond acceptors (Lipinski definition) is 2. The molecule has 1 aliphatic rings. The molecule has 110 valence electrons. The predicted octanol–water partition coefficient (Wildman–Crippen LogP) is 2.46. The molecule has 2 N–H and O–H groups in total. The first-order valence-corrected chi connectivity index (χ1v) is 7.07. The van der Waals surface area contributed by atoms with E-state index < -0.39 is 17.4 Å². The van der Waals surface area contributed by atoms with Crippen LogP contribution in [0.25, 0.3) is 0 Å². The Morgan fingerprint density at radius 3 is 2.21 bits per heavy atom. The van der Waals surface area contributed by atoms with Gasteiger partial charge >= 0.3 is 12.0 Å². The van der Waals surface area contributed by atoms with Crippen LogP contribution in [0.15, 0.2) is 0 Å². The van der Waals surface area contributed by atoms with Crippen molar-refractivity contribution in [2.75, 3.05) is 6.54 Å². The van der Waals surface area contributed by atoms with Crippen LogP contribution in [0.4, 0.5) is 4.79 Å². The first-order valence-electron chi connectivity index (χ1n) is 7.07. The van der Waals surface area contributed by atoms with Gasteiger partial charge in [0.05, 0.1) is 0 Å². The van der Waals surface area contributed by atoms with Gasteiger partial charge < -0.3 is 15.3 Å². The Labute approximate surface area is 115 Å². The number of hydrogen-bond donors (Lipinski definition) is 2. The number of nitrogens with one attached hydrogen (secondary N) is 1. The number of carbonyl (C=O) groups is 2. The summed E-state index contributed by atoms with van der Waals surface area (Å²) in [5.41, 5.74) is -0.503. The van der Waals surface area contributed by atoms with Crippen LogP contribution in [0, 0.1) is 5.41 Å². The molecular formula is C14H26N2O3. The Bertz CT molecular complexity index is 330. The van der Waals surface area contributed by atoms with Crippen molar-refractivity contribution in [3.63, 3.8) is 0 Å². The fraction of sp³-hybridized carbons (Fsp3) is 0.857. The summed E-state index contributed by atoms with van der Waals surface area (Å²) >= 11 is 0. The lowest BCUT2D eigenvalue weighted by atomic mass is 9.87. The van der Waals surface area contributed by atoms with E-state index in [-0.39, 0.29) is 12.1 Å². The lowest BCUT2D eigenvalue weighted by Gasteiger charge is -2.33. The highest BCUT2D eigenvalue weighted by atomic mass is 16.4. The summed E-state index contributed by atoms with van der Waals surface area (Å²) in [6, 6.07) is -0.855. The third kappa shape index (κ3) is 4.11. The molecule has 0 heterocycles. The van der Waals surface area contributed by atoms with Crippen molar-refractivity contribution < 1.29 is 14.7 Å². The zero-order chi connectivity index (χ0) is 14.6. The molecule has 0 unspecified atom stereocenters. The Kier molecular flexibility index (Phi) is 5.20. The van der Waals surface area contributed by atoms with E-state index in [1.807, 2.05) is 27.7 Å². The van der Waals surface area contributed by atoms with E-state index >= 15 is 0 Å². The highest BCUT2D eigenvalue weighted by Crippen LogP contribution is 2.24. The van der Waals surface area contributed by atoms with Gasteiger partial charge in [-0.25, -0.2) is 9.59 Å². The maximum absolute atomic E-state index is 12.3. The largest absolute Gasteiger partial charge is 0.480 e. The number of urea groups is 1. The summed E-state index contributed by atoms with van der Waals surface area (Å²) in [6.07, 6.45) is 4.34. The molecule has 1 saturated carbocycles. The number of aliphatic carboxylic acids is 1. The summed E-state index contributed by atoms with van der Waals surface area (Å²) in [4.78, 5) is 25.3. The second-order valence-electron chi connectivity index (χ2n) is 6.31. The van der Waals surface area contributed by atoms with E-state index in [1.165, 1.54) is 0 Å². The van der Waals surface area contributed by atoms with Crippen molar-refractivity contribution in [2.45, 2.75) is 65.5 Å². The van der Waals surface area contributed by atoms with Crippen molar-refractivity contribution in [2.24, 2.45) is 5.41 Å². The molecule has 0 aromatic heterocycles. The van der Waals surface area contributed by atoms with Gasteiger partial charge in [0.1, 0.15) is 6.04 Å². The van der Waals surface area contributed by atoms with Crippen molar-refractivity contribution in [1.29, 1.82) is 0 Å². The van der Waals surface area contributed by atoms with Gasteiger partial charge in [-0.15, -0.1) is 0 Å². The molecule has 0 bridgehead atoms. The van der Waals surface area contributed by atoms with Crippen LogP contribution in [0.1, 0.15) is 53.4 Å². The van der Waals surface area contributed by atoms with Crippen molar-refractivity contribution in [3.8, 4) is 0 Å². The molecule has 5 nitrogen and oxygen atoms in total. The van der Waals surface area contributed by atoms with E-state index in [0.717, 1.165) is 25.7 Å². The van der Waals surface area contributed by atoms with E-state index in [1.54, 1.807) is 4.90 Å². The van der Waals surface area contributed by atoms with Gasteiger partial charge in [-0.1, -0.05) is 33.6 Å². The molecule has 1 aliphatic carbocycles. The van der Waals surface area contributed by atoms with Crippen LogP contribution in [0.2, 0.25) is 0 Å². The molecule has 1 atom stereocenters. The van der Waals surface area contributed by atoms with E-state index in [0.29, 0.717) is 6.54 Å². The van der Waals surface area contributed by atoms with Crippen LogP contribution in [0.5, 0.6) is 0 Å². The predicted molar refractivity (Wildman–Crippen MR) is 74.0 cm³/mol. The molecule has 0 radical (unpaired) electrons. The molecule has 0 saturated heterocycles. The summed E-state index contributed by atoms with van der Waals surface area (Å²) in [5, 5.41) is 11.9. The van der Waals surface area contributed by atoms with Gasteiger partial charge in [0, 0.05) is 12.6 Å². The first-order chi connectivity index (χ1) is 8.77. The van der Waals surface area contributed by atoms with Crippen LogP contribution in [-0.4, -0.2) is 40.6 Å². The molecule has 0 spiro atoms. The number of rotatable bonds is 4. The van der Waals surface area contributed by atoms with Gasteiger partial charge in [0.25, 0.3) is 0 Å². The highest BCUT2D eigenvalue weighted by molar-refractivity contribution is 5.83. The quantitative estimate of drug-likeness (QED) is 0.824. The average Bonchev–Trinajstić information content (AvgIpc) is 2.78. The summed E-state index contributed by atoms with van der Waals surface area (Å²) < 4.78 is 0. The van der Waals surface area contributed by atoms with Crippen LogP contribution in [0.3, 0.4) is 0 Å². The standard InChI is InChI=1S/C14H26N2O3/c1-5-16(10-8-6-7-9-10)13(19)15-11(12(17)18)14(2,3)4/h10-11H,5-9H2,1-4H3,(H,15,19)(H,17,18)/t11-/m1/s1. The number of carboxylic acids is 1. The maximum atomic E-state index is 12.3. The maximum Gasteiger partial charge on any atom is 0.326 e. The Hall–Kier alpha value is -1.26. The molecule has 2 amide bonds. The second-order valence-corrected chi connectivity index (χ2v) is 6.31. The van der Waals surface area contributed by atoms with Gasteiger partial charge in [0.15, 0.2) is 0 Å². The normalized spacial score (nSPS) is 18.1. The molecule has 1 fully saturated rings. The molecule has 0 aromatic rings.